The number of benzene rings is 1. The number of rotatable bonds is 6. The highest BCUT2D eigenvalue weighted by Crippen LogP contribution is 2.47. The molecule has 0 saturated heterocycles. The molecule has 1 aliphatic heterocycles. The molecule has 3 aliphatic rings. The monoisotopic (exact) mass is 511 g/mol. The van der Waals surface area contributed by atoms with Gasteiger partial charge in [-0.15, -0.1) is 0 Å². The number of nitrogens with one attached hydrogen (secondary N) is 3. The average molecular weight is 512 g/mol. The smallest absolute Gasteiger partial charge is 0.272 e. The van der Waals surface area contributed by atoms with Crippen LogP contribution in [0.5, 0.6) is 0 Å². The number of aromatic amines is 1. The first-order valence-electron chi connectivity index (χ1n) is 13.1. The summed E-state index contributed by atoms with van der Waals surface area (Å²) in [6, 6.07) is 10.1. The van der Waals surface area contributed by atoms with Crippen molar-refractivity contribution in [1.82, 2.24) is 20.5 Å². The molecule has 6 rings (SSSR count). The Hall–Kier alpha value is -4.07. The molecule has 1 saturated carbocycles. The van der Waals surface area contributed by atoms with Gasteiger partial charge in [-0.3, -0.25) is 19.7 Å². The van der Waals surface area contributed by atoms with Crippen LogP contribution in [0.2, 0.25) is 0 Å². The second kappa shape index (κ2) is 9.35. The zero-order chi connectivity index (χ0) is 26.4. The summed E-state index contributed by atoms with van der Waals surface area (Å²) in [6.45, 7) is 4.81. The topological polar surface area (TPSA) is 99.8 Å². The molecule has 2 aliphatic carbocycles. The molecule has 1 unspecified atom stereocenters. The zero-order valence-electron chi connectivity index (χ0n) is 21.5. The van der Waals surface area contributed by atoms with Crippen LogP contribution < -0.4 is 10.6 Å². The van der Waals surface area contributed by atoms with Gasteiger partial charge < -0.3 is 10.6 Å². The number of ketones is 1. The van der Waals surface area contributed by atoms with Crippen LogP contribution in [-0.4, -0.2) is 33.4 Å². The van der Waals surface area contributed by atoms with Crippen LogP contribution in [0.25, 0.3) is 17.2 Å². The van der Waals surface area contributed by atoms with Crippen LogP contribution in [0, 0.1) is 17.2 Å². The molecule has 1 aromatic carbocycles. The summed E-state index contributed by atoms with van der Waals surface area (Å²) < 4.78 is 13.6. The molecule has 3 aromatic rings. The van der Waals surface area contributed by atoms with Gasteiger partial charge >= 0.3 is 0 Å². The van der Waals surface area contributed by atoms with E-state index in [2.05, 4.69) is 39.7 Å². The van der Waals surface area contributed by atoms with Crippen LogP contribution in [0.15, 0.2) is 59.9 Å². The van der Waals surface area contributed by atoms with Crippen molar-refractivity contribution in [3.63, 3.8) is 0 Å². The number of carbonyl (C=O) groups excluding carboxylic acids is 2. The van der Waals surface area contributed by atoms with Gasteiger partial charge in [0.05, 0.1) is 5.69 Å². The highest BCUT2D eigenvalue weighted by atomic mass is 19.1. The fourth-order valence-electron chi connectivity index (χ4n) is 5.40. The molecule has 8 heteroatoms. The van der Waals surface area contributed by atoms with E-state index in [0.717, 1.165) is 36.1 Å². The average Bonchev–Trinajstić information content (AvgIpc) is 3.62. The molecule has 3 heterocycles. The van der Waals surface area contributed by atoms with Gasteiger partial charge in [0.1, 0.15) is 11.6 Å². The number of aromatic nitrogens is 3. The predicted octanol–water partition coefficient (Wildman–Crippen LogP) is 5.62. The lowest BCUT2D eigenvalue weighted by Gasteiger charge is -2.37. The third-order valence-corrected chi connectivity index (χ3v) is 7.49. The number of pyridine rings is 1. The SMILES string of the molecule is CC1(C)CC(=O)C2=C(C1)Nc1[nH]nc(C(=O)NCC3CC3)c1C2/C=C/c1ccc(-c2cccc(F)c2)cn1. The Morgan fingerprint density at radius 3 is 2.76 bits per heavy atom. The normalized spacial score (nSPS) is 20.2. The summed E-state index contributed by atoms with van der Waals surface area (Å²) >= 11 is 0. The van der Waals surface area contributed by atoms with Gasteiger partial charge in [0, 0.05) is 47.5 Å². The van der Waals surface area contributed by atoms with Gasteiger partial charge in [-0.2, -0.15) is 5.10 Å². The number of fused-ring (bicyclic) bond motifs is 1. The van der Waals surface area contributed by atoms with Crippen molar-refractivity contribution in [2.45, 2.75) is 45.4 Å². The van der Waals surface area contributed by atoms with E-state index in [-0.39, 0.29) is 22.9 Å². The Balaban J connectivity index is 1.34. The van der Waals surface area contributed by atoms with E-state index in [1.807, 2.05) is 30.4 Å². The molecule has 0 radical (unpaired) electrons. The standard InChI is InChI=1S/C30H30FN5O2/c1-30(2)13-23-25(24(37)14-30)22(26-27(35-36-28(26)34-23)29(38)33-15-17-6-7-17)11-10-21-9-8-19(16-32-21)18-4-3-5-20(31)12-18/h3-5,8-12,16-17,22H,6-7,13-15H2,1-2H3,(H,33,38)(H2,34,35,36)/b11-10+. The van der Waals surface area contributed by atoms with Crippen molar-refractivity contribution in [2.24, 2.45) is 11.3 Å². The summed E-state index contributed by atoms with van der Waals surface area (Å²) in [7, 11) is 0. The fraction of sp³-hybridized carbons (Fsp3) is 0.333. The van der Waals surface area contributed by atoms with E-state index >= 15 is 0 Å². The second-order valence-electron chi connectivity index (χ2n) is 11.3. The van der Waals surface area contributed by atoms with Crippen LogP contribution in [0.3, 0.4) is 0 Å². The summed E-state index contributed by atoms with van der Waals surface area (Å²) in [5.74, 6) is 0.295. The number of anilines is 1. The van der Waals surface area contributed by atoms with Gasteiger partial charge in [0.25, 0.3) is 5.91 Å². The van der Waals surface area contributed by atoms with E-state index < -0.39 is 5.92 Å². The maximum Gasteiger partial charge on any atom is 0.272 e. The van der Waals surface area contributed by atoms with E-state index in [1.165, 1.54) is 12.1 Å². The Labute approximate surface area is 220 Å². The van der Waals surface area contributed by atoms with Crippen LogP contribution in [0.1, 0.15) is 67.2 Å². The third-order valence-electron chi connectivity index (χ3n) is 7.49. The van der Waals surface area contributed by atoms with E-state index in [0.29, 0.717) is 47.2 Å². The lowest BCUT2D eigenvalue weighted by atomic mass is 9.70. The van der Waals surface area contributed by atoms with E-state index in [1.54, 1.807) is 12.3 Å². The Kier molecular flexibility index (Phi) is 5.97. The fourth-order valence-corrected chi connectivity index (χ4v) is 5.40. The summed E-state index contributed by atoms with van der Waals surface area (Å²) in [4.78, 5) is 31.1. The number of halogens is 1. The molecule has 1 amide bonds. The van der Waals surface area contributed by atoms with Crippen LogP contribution in [0.4, 0.5) is 10.2 Å². The number of allylic oxidation sites excluding steroid dienone is 3. The number of carbonyl (C=O) groups is 2. The third kappa shape index (κ3) is 4.78. The van der Waals surface area contributed by atoms with Crippen molar-refractivity contribution < 1.29 is 14.0 Å². The van der Waals surface area contributed by atoms with Crippen molar-refractivity contribution in [3.8, 4) is 11.1 Å². The minimum absolute atomic E-state index is 0.0731. The molecule has 3 N–H and O–H groups in total. The van der Waals surface area contributed by atoms with Gasteiger partial charge in [-0.1, -0.05) is 38.1 Å². The summed E-state index contributed by atoms with van der Waals surface area (Å²) in [5.41, 5.74) is 4.64. The first kappa shape index (κ1) is 24.3. The molecule has 1 fully saturated rings. The number of hydrogen-bond acceptors (Lipinski definition) is 5. The maximum atomic E-state index is 13.6. The molecule has 0 spiro atoms. The van der Waals surface area contributed by atoms with Gasteiger partial charge in [0.15, 0.2) is 11.5 Å². The number of H-pyrrole nitrogens is 1. The van der Waals surface area contributed by atoms with Crippen molar-refractivity contribution >= 4 is 23.6 Å². The van der Waals surface area contributed by atoms with E-state index in [4.69, 9.17) is 0 Å². The van der Waals surface area contributed by atoms with Gasteiger partial charge in [0.2, 0.25) is 0 Å². The first-order chi connectivity index (χ1) is 18.3. The van der Waals surface area contributed by atoms with Crippen molar-refractivity contribution in [2.75, 3.05) is 11.9 Å². The number of hydrogen-bond donors (Lipinski definition) is 3. The van der Waals surface area contributed by atoms with Gasteiger partial charge in [-0.05, 0) is 60.4 Å². The minimum Gasteiger partial charge on any atom is -0.350 e. The van der Waals surface area contributed by atoms with Crippen molar-refractivity contribution in [1.29, 1.82) is 0 Å². The number of nitrogens with zero attached hydrogens (tertiary/aromatic N) is 2. The van der Waals surface area contributed by atoms with Crippen molar-refractivity contribution in [3.05, 3.63) is 82.7 Å². The molecule has 38 heavy (non-hydrogen) atoms. The predicted molar refractivity (Wildman–Crippen MR) is 144 cm³/mol. The largest absolute Gasteiger partial charge is 0.350 e. The molecule has 194 valence electrons. The summed E-state index contributed by atoms with van der Waals surface area (Å²) in [5, 5.41) is 13.7. The second-order valence-corrected chi connectivity index (χ2v) is 11.3. The zero-order valence-corrected chi connectivity index (χ0v) is 21.5. The van der Waals surface area contributed by atoms with Gasteiger partial charge in [-0.25, -0.2) is 4.39 Å². The molecule has 0 bridgehead atoms. The number of amides is 1. The van der Waals surface area contributed by atoms with Crippen LogP contribution >= 0.6 is 0 Å². The summed E-state index contributed by atoms with van der Waals surface area (Å²) in [6.07, 6.45) is 8.94. The minimum atomic E-state index is -0.435. The Morgan fingerprint density at radius 1 is 1.18 bits per heavy atom. The highest BCUT2D eigenvalue weighted by molar-refractivity contribution is 6.03. The Morgan fingerprint density at radius 2 is 2.03 bits per heavy atom. The Bertz CT molecular complexity index is 1480. The molecule has 7 nitrogen and oxygen atoms in total. The molecule has 1 atom stereocenters. The molecular formula is C30H30FN5O2. The quantitative estimate of drug-likeness (QED) is 0.399. The number of Topliss-reactive ketones (excluding diaryl/α,β-unsaturated/α-hetero) is 1. The maximum absolute atomic E-state index is 13.6. The van der Waals surface area contributed by atoms with Crippen LogP contribution in [-0.2, 0) is 4.79 Å². The lowest BCUT2D eigenvalue weighted by Crippen LogP contribution is -2.34. The highest BCUT2D eigenvalue weighted by Gasteiger charge is 2.42. The molecular weight excluding hydrogens is 481 g/mol. The lowest BCUT2D eigenvalue weighted by molar-refractivity contribution is -0.118. The molecule has 2 aromatic heterocycles. The van der Waals surface area contributed by atoms with E-state index in [9.17, 15) is 14.0 Å². The first-order valence-corrected chi connectivity index (χ1v) is 13.1.